The summed E-state index contributed by atoms with van der Waals surface area (Å²) in [5.74, 6) is -1.41. The zero-order valence-electron chi connectivity index (χ0n) is 10.3. The molecule has 0 radical (unpaired) electrons. The molecule has 0 amide bonds. The molecule has 2 nitrogen and oxygen atoms in total. The SMILES string of the molecule is C#Cc1ccccc1C1(C(=O)O)CCC(F)(F)CC1. The van der Waals surface area contributed by atoms with Crippen molar-refractivity contribution in [1.29, 1.82) is 0 Å². The van der Waals surface area contributed by atoms with E-state index in [2.05, 4.69) is 5.92 Å². The zero-order valence-corrected chi connectivity index (χ0v) is 10.3. The lowest BCUT2D eigenvalue weighted by molar-refractivity contribution is -0.149. The van der Waals surface area contributed by atoms with Crippen LogP contribution in [-0.4, -0.2) is 17.0 Å². The van der Waals surface area contributed by atoms with Crippen molar-refractivity contribution in [3.63, 3.8) is 0 Å². The summed E-state index contributed by atoms with van der Waals surface area (Å²) in [7, 11) is 0. The van der Waals surface area contributed by atoms with Crippen molar-refractivity contribution in [2.45, 2.75) is 37.0 Å². The summed E-state index contributed by atoms with van der Waals surface area (Å²) in [6.07, 6.45) is 4.36. The molecule has 1 aliphatic rings. The molecule has 0 unspecified atom stereocenters. The summed E-state index contributed by atoms with van der Waals surface area (Å²) in [6, 6.07) is 6.68. The predicted molar refractivity (Wildman–Crippen MR) is 67.1 cm³/mol. The van der Waals surface area contributed by atoms with E-state index in [1.807, 2.05) is 0 Å². The Kier molecular flexibility index (Phi) is 3.32. The van der Waals surface area contributed by atoms with Crippen molar-refractivity contribution in [3.8, 4) is 12.3 Å². The second kappa shape index (κ2) is 4.65. The standard InChI is InChI=1S/C15H14F2O2/c1-2-11-5-3-4-6-12(11)14(13(18)19)7-9-15(16,17)10-8-14/h1,3-6H,7-10H2,(H,18,19). The van der Waals surface area contributed by atoms with E-state index in [1.165, 1.54) is 0 Å². The average molecular weight is 264 g/mol. The average Bonchev–Trinajstić information content (AvgIpc) is 2.39. The number of carboxylic acid groups (broad SMARTS) is 1. The smallest absolute Gasteiger partial charge is 0.314 e. The van der Waals surface area contributed by atoms with Gasteiger partial charge < -0.3 is 5.11 Å². The highest BCUT2D eigenvalue weighted by Crippen LogP contribution is 2.46. The molecule has 0 aliphatic heterocycles. The lowest BCUT2D eigenvalue weighted by atomic mass is 9.67. The Balaban J connectivity index is 2.48. The second-order valence-electron chi connectivity index (χ2n) is 4.93. The van der Waals surface area contributed by atoms with Gasteiger partial charge in [-0.3, -0.25) is 4.79 Å². The van der Waals surface area contributed by atoms with E-state index in [4.69, 9.17) is 6.42 Å². The van der Waals surface area contributed by atoms with Crippen LogP contribution in [0.5, 0.6) is 0 Å². The van der Waals surface area contributed by atoms with E-state index in [0.29, 0.717) is 11.1 Å². The van der Waals surface area contributed by atoms with Gasteiger partial charge in [0.05, 0.1) is 5.41 Å². The fourth-order valence-corrected chi connectivity index (χ4v) is 2.67. The molecule has 0 saturated heterocycles. The van der Waals surface area contributed by atoms with Crippen molar-refractivity contribution in [1.82, 2.24) is 0 Å². The predicted octanol–water partition coefficient (Wildman–Crippen LogP) is 3.20. The minimum absolute atomic E-state index is 0.0893. The van der Waals surface area contributed by atoms with Crippen LogP contribution in [0.25, 0.3) is 0 Å². The lowest BCUT2D eigenvalue weighted by Crippen LogP contribution is -2.43. The minimum Gasteiger partial charge on any atom is -0.481 e. The third kappa shape index (κ3) is 2.33. The van der Waals surface area contributed by atoms with E-state index in [0.717, 1.165) is 0 Å². The van der Waals surface area contributed by atoms with Gasteiger partial charge in [0, 0.05) is 18.4 Å². The summed E-state index contributed by atoms with van der Waals surface area (Å²) in [5, 5.41) is 9.52. The van der Waals surface area contributed by atoms with Crippen molar-refractivity contribution in [2.75, 3.05) is 0 Å². The van der Waals surface area contributed by atoms with Crippen molar-refractivity contribution in [2.24, 2.45) is 0 Å². The molecule has 1 aliphatic carbocycles. The van der Waals surface area contributed by atoms with E-state index < -0.39 is 30.1 Å². The van der Waals surface area contributed by atoms with Crippen LogP contribution in [0.4, 0.5) is 8.78 Å². The number of alkyl halides is 2. The van der Waals surface area contributed by atoms with Gasteiger partial charge in [0.2, 0.25) is 5.92 Å². The molecule has 2 rings (SSSR count). The van der Waals surface area contributed by atoms with Crippen molar-refractivity contribution < 1.29 is 18.7 Å². The lowest BCUT2D eigenvalue weighted by Gasteiger charge is -2.37. The van der Waals surface area contributed by atoms with Crippen LogP contribution in [-0.2, 0) is 10.2 Å². The van der Waals surface area contributed by atoms with E-state index in [9.17, 15) is 18.7 Å². The molecule has 1 aromatic rings. The molecule has 19 heavy (non-hydrogen) atoms. The first-order valence-corrected chi connectivity index (χ1v) is 6.09. The van der Waals surface area contributed by atoms with Crippen LogP contribution in [0.1, 0.15) is 36.8 Å². The molecular weight excluding hydrogens is 250 g/mol. The monoisotopic (exact) mass is 264 g/mol. The summed E-state index contributed by atoms with van der Waals surface area (Å²) in [5.41, 5.74) is -0.347. The molecule has 0 aromatic heterocycles. The van der Waals surface area contributed by atoms with Crippen LogP contribution >= 0.6 is 0 Å². The Bertz CT molecular complexity index is 533. The van der Waals surface area contributed by atoms with Gasteiger partial charge in [0.15, 0.2) is 0 Å². The Morgan fingerprint density at radius 1 is 1.21 bits per heavy atom. The fourth-order valence-electron chi connectivity index (χ4n) is 2.67. The molecule has 1 aromatic carbocycles. The number of carbonyl (C=O) groups is 1. The number of rotatable bonds is 2. The maximum Gasteiger partial charge on any atom is 0.314 e. The quantitative estimate of drug-likeness (QED) is 0.833. The zero-order chi connectivity index (χ0) is 14.1. The maximum atomic E-state index is 13.3. The van der Waals surface area contributed by atoms with Gasteiger partial charge in [0.1, 0.15) is 0 Å². The largest absolute Gasteiger partial charge is 0.481 e. The summed E-state index contributed by atoms with van der Waals surface area (Å²) >= 11 is 0. The van der Waals surface area contributed by atoms with Gasteiger partial charge in [-0.05, 0) is 24.5 Å². The number of halogens is 2. The molecule has 0 spiro atoms. The van der Waals surface area contributed by atoms with Crippen LogP contribution < -0.4 is 0 Å². The van der Waals surface area contributed by atoms with Gasteiger partial charge in [-0.15, -0.1) is 6.42 Å². The highest BCUT2D eigenvalue weighted by atomic mass is 19.3. The number of aliphatic carboxylic acids is 1. The van der Waals surface area contributed by atoms with E-state index in [1.54, 1.807) is 24.3 Å². The van der Waals surface area contributed by atoms with Crippen LogP contribution in [0.15, 0.2) is 24.3 Å². The van der Waals surface area contributed by atoms with Crippen LogP contribution in [0, 0.1) is 12.3 Å². The molecule has 4 heteroatoms. The molecule has 1 fully saturated rings. The number of carboxylic acids is 1. The number of terminal acetylenes is 1. The Morgan fingerprint density at radius 3 is 2.32 bits per heavy atom. The topological polar surface area (TPSA) is 37.3 Å². The van der Waals surface area contributed by atoms with Gasteiger partial charge in [-0.2, -0.15) is 0 Å². The van der Waals surface area contributed by atoms with Crippen LogP contribution in [0.3, 0.4) is 0 Å². The number of hydrogen-bond acceptors (Lipinski definition) is 1. The summed E-state index contributed by atoms with van der Waals surface area (Å²) in [6.45, 7) is 0. The number of hydrogen-bond donors (Lipinski definition) is 1. The third-order valence-electron chi connectivity index (χ3n) is 3.84. The van der Waals surface area contributed by atoms with Crippen molar-refractivity contribution in [3.05, 3.63) is 35.4 Å². The maximum absolute atomic E-state index is 13.3. The highest BCUT2D eigenvalue weighted by Gasteiger charge is 2.49. The first-order valence-electron chi connectivity index (χ1n) is 6.09. The van der Waals surface area contributed by atoms with E-state index >= 15 is 0 Å². The van der Waals surface area contributed by atoms with Crippen LogP contribution in [0.2, 0.25) is 0 Å². The summed E-state index contributed by atoms with van der Waals surface area (Å²) in [4.78, 5) is 11.6. The van der Waals surface area contributed by atoms with Gasteiger partial charge >= 0.3 is 5.97 Å². The van der Waals surface area contributed by atoms with Gasteiger partial charge in [0.25, 0.3) is 0 Å². The molecule has 0 atom stereocenters. The second-order valence-corrected chi connectivity index (χ2v) is 4.93. The molecular formula is C15H14F2O2. The Labute approximate surface area is 110 Å². The number of benzene rings is 1. The minimum atomic E-state index is -2.77. The molecule has 1 N–H and O–H groups in total. The first kappa shape index (κ1) is 13.5. The van der Waals surface area contributed by atoms with Crippen molar-refractivity contribution >= 4 is 5.97 Å². The Hall–Kier alpha value is -1.89. The van der Waals surface area contributed by atoms with Gasteiger partial charge in [-0.1, -0.05) is 24.1 Å². The van der Waals surface area contributed by atoms with E-state index in [-0.39, 0.29) is 12.8 Å². The molecule has 100 valence electrons. The third-order valence-corrected chi connectivity index (χ3v) is 3.84. The first-order chi connectivity index (χ1) is 8.91. The molecule has 1 saturated carbocycles. The highest BCUT2D eigenvalue weighted by molar-refractivity contribution is 5.82. The Morgan fingerprint density at radius 2 is 1.79 bits per heavy atom. The fraction of sp³-hybridized carbons (Fsp3) is 0.400. The molecule has 0 heterocycles. The van der Waals surface area contributed by atoms with Gasteiger partial charge in [-0.25, -0.2) is 8.78 Å². The summed E-state index contributed by atoms with van der Waals surface area (Å²) < 4.78 is 26.6. The normalized spacial score (nSPS) is 20.5. The molecule has 0 bridgehead atoms.